The first-order valence-electron chi connectivity index (χ1n) is 9.80. The van der Waals surface area contributed by atoms with Gasteiger partial charge in [0, 0.05) is 12.7 Å². The van der Waals surface area contributed by atoms with Crippen LogP contribution in [0.15, 0.2) is 82.0 Å². The van der Waals surface area contributed by atoms with Crippen LogP contribution in [-0.4, -0.2) is 30.1 Å². The van der Waals surface area contributed by atoms with Crippen molar-refractivity contribution in [2.24, 2.45) is 0 Å². The fourth-order valence-electron chi connectivity index (χ4n) is 3.34. The molecule has 4 rings (SSSR count). The zero-order valence-corrected chi connectivity index (χ0v) is 17.2. The molecule has 0 aliphatic rings. The topological polar surface area (TPSA) is 105 Å². The lowest BCUT2D eigenvalue weighted by atomic mass is 10.0. The van der Waals surface area contributed by atoms with Crippen molar-refractivity contribution in [1.29, 1.82) is 0 Å². The Labute approximate surface area is 182 Å². The molecule has 1 aromatic heterocycles. The minimum absolute atomic E-state index is 0.185. The van der Waals surface area contributed by atoms with Crippen molar-refractivity contribution in [3.63, 3.8) is 0 Å². The monoisotopic (exact) mass is 431 g/mol. The number of benzene rings is 3. The summed E-state index contributed by atoms with van der Waals surface area (Å²) in [5, 5.41) is 10.6. The lowest BCUT2D eigenvalue weighted by Gasteiger charge is -2.17. The van der Waals surface area contributed by atoms with Gasteiger partial charge in [0.05, 0.1) is 11.5 Å². The number of carbonyl (C=O) groups is 2. The summed E-state index contributed by atoms with van der Waals surface area (Å²) in [7, 11) is 1.65. The molecule has 0 spiro atoms. The lowest BCUT2D eigenvalue weighted by molar-refractivity contribution is -0.307. The van der Waals surface area contributed by atoms with E-state index in [0.717, 1.165) is 11.1 Å². The number of hydrogen-bond donors (Lipinski definition) is 0. The molecule has 0 unspecified atom stereocenters. The van der Waals surface area contributed by atoms with Crippen molar-refractivity contribution in [3.8, 4) is 16.9 Å². The first kappa shape index (κ1) is 20.9. The van der Waals surface area contributed by atoms with Crippen LogP contribution >= 0.6 is 0 Å². The Morgan fingerprint density at radius 1 is 1.00 bits per heavy atom. The molecule has 0 N–H and O–H groups in total. The van der Waals surface area contributed by atoms with Gasteiger partial charge >= 0.3 is 5.76 Å². The normalized spacial score (nSPS) is 10.8. The maximum Gasteiger partial charge on any atom is 0.420 e. The van der Waals surface area contributed by atoms with Crippen LogP contribution in [0.4, 0.5) is 5.69 Å². The van der Waals surface area contributed by atoms with Gasteiger partial charge in [-0.25, -0.2) is 4.79 Å². The van der Waals surface area contributed by atoms with Crippen LogP contribution in [0.3, 0.4) is 0 Å². The van der Waals surface area contributed by atoms with Gasteiger partial charge in [0.25, 0.3) is 0 Å². The molecule has 0 aliphatic carbocycles. The van der Waals surface area contributed by atoms with E-state index in [9.17, 15) is 19.5 Å². The van der Waals surface area contributed by atoms with Crippen LogP contribution in [0.5, 0.6) is 5.75 Å². The third-order valence-electron chi connectivity index (χ3n) is 5.00. The lowest BCUT2D eigenvalue weighted by Crippen LogP contribution is -2.32. The molecule has 3 aromatic carbocycles. The van der Waals surface area contributed by atoms with Crippen LogP contribution in [0, 0.1) is 0 Å². The molecule has 0 saturated heterocycles. The number of ether oxygens (including phenoxy) is 1. The summed E-state index contributed by atoms with van der Waals surface area (Å²) in [6, 6.07) is 21.2. The van der Waals surface area contributed by atoms with Gasteiger partial charge in [0.1, 0.15) is 18.9 Å². The number of aromatic nitrogens is 1. The van der Waals surface area contributed by atoms with Gasteiger partial charge in [0.15, 0.2) is 5.58 Å². The predicted molar refractivity (Wildman–Crippen MR) is 116 cm³/mol. The van der Waals surface area contributed by atoms with Crippen molar-refractivity contribution >= 4 is 28.7 Å². The fraction of sp³-hybridized carbons (Fsp3) is 0.125. The summed E-state index contributed by atoms with van der Waals surface area (Å²) in [4.78, 5) is 37.3. The Hall–Kier alpha value is -4.33. The van der Waals surface area contributed by atoms with Crippen LogP contribution in [0.1, 0.15) is 0 Å². The highest BCUT2D eigenvalue weighted by atomic mass is 16.5. The van der Waals surface area contributed by atoms with Crippen LogP contribution in [-0.2, 0) is 16.1 Å². The summed E-state index contributed by atoms with van der Waals surface area (Å²) in [5.74, 6) is -1.84. The van der Waals surface area contributed by atoms with E-state index in [1.54, 1.807) is 43.4 Å². The predicted octanol–water partition coefficient (Wildman–Crippen LogP) is 2.05. The largest absolute Gasteiger partial charge is 0.546 e. The van der Waals surface area contributed by atoms with Gasteiger partial charge in [0.2, 0.25) is 5.91 Å². The molecular weight excluding hydrogens is 412 g/mol. The van der Waals surface area contributed by atoms with Crippen LogP contribution < -0.4 is 20.5 Å². The molecular formula is C24H19N2O6-. The van der Waals surface area contributed by atoms with Gasteiger partial charge in [-0.05, 0) is 47.5 Å². The highest BCUT2D eigenvalue weighted by molar-refractivity contribution is 5.93. The Kier molecular flexibility index (Phi) is 5.76. The quantitative estimate of drug-likeness (QED) is 0.444. The molecule has 1 amide bonds. The molecule has 162 valence electrons. The van der Waals surface area contributed by atoms with Crippen molar-refractivity contribution in [3.05, 3.63) is 83.3 Å². The zero-order chi connectivity index (χ0) is 22.7. The number of anilines is 1. The molecule has 8 heteroatoms. The zero-order valence-electron chi connectivity index (χ0n) is 17.2. The second kappa shape index (κ2) is 8.81. The number of aliphatic carboxylic acids is 1. The third-order valence-corrected chi connectivity index (χ3v) is 5.00. The number of oxazole rings is 1. The number of hydrogen-bond acceptors (Lipinski definition) is 6. The first-order valence-corrected chi connectivity index (χ1v) is 9.80. The average Bonchev–Trinajstić information content (AvgIpc) is 3.12. The molecule has 0 radical (unpaired) electrons. The van der Waals surface area contributed by atoms with E-state index in [4.69, 9.17) is 9.15 Å². The molecule has 0 aliphatic heterocycles. The number of amides is 1. The highest BCUT2D eigenvalue weighted by Gasteiger charge is 2.17. The number of rotatable bonds is 7. The summed E-state index contributed by atoms with van der Waals surface area (Å²) in [6.45, 7) is -0.740. The highest BCUT2D eigenvalue weighted by Crippen LogP contribution is 2.27. The molecule has 0 saturated carbocycles. The molecule has 32 heavy (non-hydrogen) atoms. The average molecular weight is 431 g/mol. The van der Waals surface area contributed by atoms with Gasteiger partial charge in [-0.2, -0.15) is 0 Å². The number of likely N-dealkylation sites (N-methyl/N-ethyl adjacent to an activating group) is 1. The van der Waals surface area contributed by atoms with E-state index in [1.807, 2.05) is 36.4 Å². The van der Waals surface area contributed by atoms with E-state index in [2.05, 4.69) is 0 Å². The second-order valence-electron chi connectivity index (χ2n) is 7.11. The van der Waals surface area contributed by atoms with E-state index in [0.29, 0.717) is 22.5 Å². The molecule has 0 fully saturated rings. The summed E-state index contributed by atoms with van der Waals surface area (Å²) >= 11 is 0. The maximum absolute atomic E-state index is 12.8. The van der Waals surface area contributed by atoms with E-state index >= 15 is 0 Å². The van der Waals surface area contributed by atoms with Crippen molar-refractivity contribution in [2.75, 3.05) is 18.6 Å². The molecule has 8 nitrogen and oxygen atoms in total. The SMILES string of the molecule is CN(C(=O)Cn1c(=O)oc2ccc(-c3cccc(OCC(=O)[O-])c3)cc21)c1ccccc1. The van der Waals surface area contributed by atoms with Gasteiger partial charge < -0.3 is 24.0 Å². The van der Waals surface area contributed by atoms with Crippen LogP contribution in [0.25, 0.3) is 22.2 Å². The summed E-state index contributed by atoms with van der Waals surface area (Å²) in [6.07, 6.45) is 0. The number of carboxylic acid groups (broad SMARTS) is 1. The van der Waals surface area contributed by atoms with Gasteiger partial charge in [-0.3, -0.25) is 9.36 Å². The van der Waals surface area contributed by atoms with Gasteiger partial charge in [-0.15, -0.1) is 0 Å². The minimum Gasteiger partial charge on any atom is -0.546 e. The molecule has 0 atom stereocenters. The Morgan fingerprint density at radius 3 is 2.50 bits per heavy atom. The van der Waals surface area contributed by atoms with Crippen molar-refractivity contribution in [1.82, 2.24) is 4.57 Å². The van der Waals surface area contributed by atoms with Crippen molar-refractivity contribution in [2.45, 2.75) is 6.54 Å². The molecule has 4 aromatic rings. The Morgan fingerprint density at radius 2 is 1.75 bits per heavy atom. The van der Waals surface area contributed by atoms with E-state index in [1.165, 1.54) is 9.47 Å². The van der Waals surface area contributed by atoms with E-state index < -0.39 is 18.3 Å². The smallest absolute Gasteiger partial charge is 0.420 e. The fourth-order valence-corrected chi connectivity index (χ4v) is 3.34. The number of fused-ring (bicyclic) bond motifs is 1. The number of para-hydroxylation sites is 1. The second-order valence-corrected chi connectivity index (χ2v) is 7.11. The van der Waals surface area contributed by atoms with Crippen molar-refractivity contribution < 1.29 is 23.8 Å². The Balaban J connectivity index is 1.64. The number of carbonyl (C=O) groups excluding carboxylic acids is 2. The van der Waals surface area contributed by atoms with E-state index in [-0.39, 0.29) is 12.5 Å². The standard InChI is InChI=1S/C24H20N2O6/c1-25(18-7-3-2-4-8-18)22(27)14-26-20-13-17(10-11-21(20)32-24(26)30)16-6-5-9-19(12-16)31-15-23(28)29/h2-13H,14-15H2,1H3,(H,28,29)/p-1. The molecule has 0 bridgehead atoms. The number of carboxylic acids is 1. The summed E-state index contributed by atoms with van der Waals surface area (Å²) in [5.41, 5.74) is 3.04. The Bertz CT molecular complexity index is 1340. The molecule has 1 heterocycles. The minimum atomic E-state index is -1.32. The number of nitrogens with zero attached hydrogens (tertiary/aromatic N) is 2. The van der Waals surface area contributed by atoms with Gasteiger partial charge in [-0.1, -0.05) is 36.4 Å². The van der Waals surface area contributed by atoms with Crippen LogP contribution in [0.2, 0.25) is 0 Å². The maximum atomic E-state index is 12.8. The summed E-state index contributed by atoms with van der Waals surface area (Å²) < 4.78 is 11.8. The first-order chi connectivity index (χ1) is 15.4. The third kappa shape index (κ3) is 4.39.